The zero-order valence-electron chi connectivity index (χ0n) is 10.2. The Labute approximate surface area is 97.3 Å². The molecule has 0 bridgehead atoms. The lowest BCUT2D eigenvalue weighted by atomic mass is 10.0. The van der Waals surface area contributed by atoms with Gasteiger partial charge in [0.2, 0.25) is 5.91 Å². The van der Waals surface area contributed by atoms with Gasteiger partial charge in [0.1, 0.15) is 0 Å². The molecule has 4 nitrogen and oxygen atoms in total. The second-order valence-electron chi connectivity index (χ2n) is 5.06. The molecule has 3 unspecified atom stereocenters. The summed E-state index contributed by atoms with van der Waals surface area (Å²) in [5, 5.41) is 3.39. The third-order valence-corrected chi connectivity index (χ3v) is 3.91. The van der Waals surface area contributed by atoms with Crippen molar-refractivity contribution in [1.82, 2.24) is 10.2 Å². The normalized spacial score (nSPS) is 30.5. The molecule has 0 aromatic heterocycles. The number of hydrogen-bond donors (Lipinski definition) is 1. The maximum absolute atomic E-state index is 11.9. The smallest absolute Gasteiger partial charge is 0.222 e. The number of amides is 1. The molecule has 0 radical (unpaired) electrons. The lowest BCUT2D eigenvalue weighted by molar-refractivity contribution is -0.131. The van der Waals surface area contributed by atoms with E-state index in [0.717, 1.165) is 32.6 Å². The fourth-order valence-corrected chi connectivity index (χ4v) is 2.66. The first-order valence-corrected chi connectivity index (χ1v) is 6.22. The number of fused-ring (bicyclic) bond motifs is 1. The molecule has 16 heavy (non-hydrogen) atoms. The van der Waals surface area contributed by atoms with Gasteiger partial charge in [-0.25, -0.2) is 0 Å². The highest BCUT2D eigenvalue weighted by atomic mass is 16.5. The largest absolute Gasteiger partial charge is 0.382 e. The van der Waals surface area contributed by atoms with Crippen molar-refractivity contribution in [3.63, 3.8) is 0 Å². The minimum Gasteiger partial charge on any atom is -0.382 e. The van der Waals surface area contributed by atoms with Gasteiger partial charge in [0.15, 0.2) is 0 Å². The number of carbonyl (C=O) groups excluding carboxylic acids is 1. The van der Waals surface area contributed by atoms with Crippen LogP contribution in [0.1, 0.15) is 19.8 Å². The molecule has 2 aliphatic heterocycles. The van der Waals surface area contributed by atoms with Crippen LogP contribution < -0.4 is 5.32 Å². The molecule has 0 aromatic rings. The van der Waals surface area contributed by atoms with Gasteiger partial charge in [-0.15, -0.1) is 0 Å². The first-order valence-electron chi connectivity index (χ1n) is 6.22. The minimum absolute atomic E-state index is 0.188. The third-order valence-electron chi connectivity index (χ3n) is 3.91. The van der Waals surface area contributed by atoms with Gasteiger partial charge in [0, 0.05) is 39.7 Å². The van der Waals surface area contributed by atoms with E-state index < -0.39 is 0 Å². The summed E-state index contributed by atoms with van der Waals surface area (Å²) in [6, 6.07) is 0. The van der Waals surface area contributed by atoms with Crippen LogP contribution >= 0.6 is 0 Å². The lowest BCUT2D eigenvalue weighted by Gasteiger charge is -2.18. The van der Waals surface area contributed by atoms with E-state index in [1.807, 2.05) is 11.8 Å². The van der Waals surface area contributed by atoms with Crippen molar-refractivity contribution in [2.75, 3.05) is 33.3 Å². The SMILES string of the molecule is COC(C)CCC(=O)N1CC2CNCC2C1. The van der Waals surface area contributed by atoms with Gasteiger partial charge in [-0.1, -0.05) is 0 Å². The Morgan fingerprint density at radius 3 is 2.62 bits per heavy atom. The number of nitrogens with zero attached hydrogens (tertiary/aromatic N) is 1. The van der Waals surface area contributed by atoms with Crippen LogP contribution in [0.4, 0.5) is 0 Å². The minimum atomic E-state index is 0.188. The number of ether oxygens (including phenoxy) is 1. The molecule has 2 fully saturated rings. The van der Waals surface area contributed by atoms with Gasteiger partial charge in [0.05, 0.1) is 6.10 Å². The second kappa shape index (κ2) is 5.15. The standard InChI is InChI=1S/C12H22N2O2/c1-9(16-2)3-4-12(15)14-7-10-5-13-6-11(10)8-14/h9-11,13H,3-8H2,1-2H3. The summed E-state index contributed by atoms with van der Waals surface area (Å²) in [5.41, 5.74) is 0. The van der Waals surface area contributed by atoms with Crippen LogP contribution in [0, 0.1) is 11.8 Å². The average Bonchev–Trinajstić information content (AvgIpc) is 2.85. The van der Waals surface area contributed by atoms with E-state index in [9.17, 15) is 4.79 Å². The van der Waals surface area contributed by atoms with Crippen molar-refractivity contribution < 1.29 is 9.53 Å². The lowest BCUT2D eigenvalue weighted by Crippen LogP contribution is -2.32. The Balaban J connectivity index is 1.74. The first kappa shape index (κ1) is 11.9. The summed E-state index contributed by atoms with van der Waals surface area (Å²) >= 11 is 0. The van der Waals surface area contributed by atoms with Crippen molar-refractivity contribution >= 4 is 5.91 Å². The van der Waals surface area contributed by atoms with Crippen LogP contribution in [0.25, 0.3) is 0 Å². The molecule has 0 aliphatic carbocycles. The number of methoxy groups -OCH3 is 1. The Hall–Kier alpha value is -0.610. The molecule has 0 spiro atoms. The molecule has 0 saturated carbocycles. The molecule has 4 heteroatoms. The van der Waals surface area contributed by atoms with Crippen LogP contribution in [0.2, 0.25) is 0 Å². The predicted molar refractivity (Wildman–Crippen MR) is 62.1 cm³/mol. The zero-order chi connectivity index (χ0) is 11.5. The van der Waals surface area contributed by atoms with Crippen LogP contribution in [0.3, 0.4) is 0 Å². The molecule has 2 saturated heterocycles. The van der Waals surface area contributed by atoms with E-state index in [-0.39, 0.29) is 6.10 Å². The summed E-state index contributed by atoms with van der Waals surface area (Å²) in [5.74, 6) is 1.70. The first-order chi connectivity index (χ1) is 7.70. The molecule has 2 rings (SSSR count). The molecule has 2 aliphatic rings. The van der Waals surface area contributed by atoms with E-state index in [2.05, 4.69) is 5.32 Å². The Kier molecular flexibility index (Phi) is 3.82. The van der Waals surface area contributed by atoms with Gasteiger partial charge in [-0.2, -0.15) is 0 Å². The molecule has 92 valence electrons. The fraction of sp³-hybridized carbons (Fsp3) is 0.917. The average molecular weight is 226 g/mol. The Morgan fingerprint density at radius 2 is 2.06 bits per heavy atom. The Morgan fingerprint density at radius 1 is 1.44 bits per heavy atom. The van der Waals surface area contributed by atoms with Crippen molar-refractivity contribution in [3.8, 4) is 0 Å². The summed E-state index contributed by atoms with van der Waals surface area (Å²) in [7, 11) is 1.70. The van der Waals surface area contributed by atoms with Crippen LogP contribution in [0.15, 0.2) is 0 Å². The van der Waals surface area contributed by atoms with Gasteiger partial charge < -0.3 is 15.0 Å². The highest BCUT2D eigenvalue weighted by Gasteiger charge is 2.37. The molecule has 1 N–H and O–H groups in total. The maximum atomic E-state index is 11.9. The van der Waals surface area contributed by atoms with Gasteiger partial charge in [0.25, 0.3) is 0 Å². The zero-order valence-corrected chi connectivity index (χ0v) is 10.2. The topological polar surface area (TPSA) is 41.6 Å². The predicted octanol–water partition coefficient (Wildman–Crippen LogP) is 0.479. The summed E-state index contributed by atoms with van der Waals surface area (Å²) < 4.78 is 5.16. The van der Waals surface area contributed by atoms with Gasteiger partial charge in [-0.05, 0) is 25.2 Å². The van der Waals surface area contributed by atoms with Crippen molar-refractivity contribution in [2.24, 2.45) is 11.8 Å². The van der Waals surface area contributed by atoms with Crippen LogP contribution in [-0.4, -0.2) is 50.2 Å². The van der Waals surface area contributed by atoms with Crippen LogP contribution in [0.5, 0.6) is 0 Å². The Bertz CT molecular complexity index is 245. The molecular formula is C12H22N2O2. The van der Waals surface area contributed by atoms with E-state index in [1.165, 1.54) is 0 Å². The van der Waals surface area contributed by atoms with Gasteiger partial charge >= 0.3 is 0 Å². The van der Waals surface area contributed by atoms with Crippen molar-refractivity contribution in [1.29, 1.82) is 0 Å². The summed E-state index contributed by atoms with van der Waals surface area (Å²) in [6.45, 7) is 6.09. The summed E-state index contributed by atoms with van der Waals surface area (Å²) in [4.78, 5) is 14.0. The number of carbonyl (C=O) groups is 1. The number of rotatable bonds is 4. The van der Waals surface area contributed by atoms with E-state index >= 15 is 0 Å². The molecule has 0 aromatic carbocycles. The van der Waals surface area contributed by atoms with Crippen molar-refractivity contribution in [2.45, 2.75) is 25.9 Å². The second-order valence-corrected chi connectivity index (χ2v) is 5.06. The number of nitrogens with one attached hydrogen (secondary N) is 1. The highest BCUT2D eigenvalue weighted by Crippen LogP contribution is 2.26. The maximum Gasteiger partial charge on any atom is 0.222 e. The highest BCUT2D eigenvalue weighted by molar-refractivity contribution is 5.76. The number of likely N-dealkylation sites (tertiary alicyclic amines) is 1. The molecule has 3 atom stereocenters. The quantitative estimate of drug-likeness (QED) is 0.758. The van der Waals surface area contributed by atoms with Crippen molar-refractivity contribution in [3.05, 3.63) is 0 Å². The molecule has 2 heterocycles. The third kappa shape index (κ3) is 2.55. The van der Waals surface area contributed by atoms with E-state index in [1.54, 1.807) is 7.11 Å². The van der Waals surface area contributed by atoms with E-state index in [4.69, 9.17) is 4.74 Å². The van der Waals surface area contributed by atoms with E-state index in [0.29, 0.717) is 24.2 Å². The number of hydrogen-bond acceptors (Lipinski definition) is 3. The monoisotopic (exact) mass is 226 g/mol. The summed E-state index contributed by atoms with van der Waals surface area (Å²) in [6.07, 6.45) is 1.65. The van der Waals surface area contributed by atoms with Crippen LogP contribution in [-0.2, 0) is 9.53 Å². The molecular weight excluding hydrogens is 204 g/mol. The fourth-order valence-electron chi connectivity index (χ4n) is 2.66. The molecule has 1 amide bonds. The van der Waals surface area contributed by atoms with Gasteiger partial charge in [-0.3, -0.25) is 4.79 Å².